The van der Waals surface area contributed by atoms with Crippen molar-refractivity contribution >= 4 is 17.7 Å². The first-order valence-electron chi connectivity index (χ1n) is 10.0. The van der Waals surface area contributed by atoms with Crippen molar-refractivity contribution in [2.45, 2.75) is 70.7 Å². The van der Waals surface area contributed by atoms with Crippen LogP contribution in [0.3, 0.4) is 0 Å². The number of hydrogen-bond donors (Lipinski definition) is 1. The SMILES string of the molecule is C=C1[C@@H]2C=CC(=O)[C@@](C[C@H]3OC(=O)[C@]4(C)CCC[C@@](C)(O)[C@H]34)(C2)[C@@H]1OC(C)=O. The van der Waals surface area contributed by atoms with Crippen molar-refractivity contribution in [1.82, 2.24) is 0 Å². The van der Waals surface area contributed by atoms with Crippen LogP contribution >= 0.6 is 0 Å². The fourth-order valence-corrected chi connectivity index (χ4v) is 6.33. The summed E-state index contributed by atoms with van der Waals surface area (Å²) in [7, 11) is 0. The van der Waals surface area contributed by atoms with Gasteiger partial charge >= 0.3 is 11.9 Å². The highest BCUT2D eigenvalue weighted by atomic mass is 16.6. The minimum absolute atomic E-state index is 0.0441. The molecule has 0 aromatic heterocycles. The van der Waals surface area contributed by atoms with Crippen molar-refractivity contribution < 1.29 is 29.0 Å². The lowest BCUT2D eigenvalue weighted by Crippen LogP contribution is -2.53. The molecule has 1 N–H and O–H groups in total. The van der Waals surface area contributed by atoms with Crippen molar-refractivity contribution in [3.05, 3.63) is 24.3 Å². The van der Waals surface area contributed by atoms with E-state index in [1.165, 1.54) is 13.0 Å². The quantitative estimate of drug-likeness (QED) is 0.590. The molecule has 4 rings (SSSR count). The Labute approximate surface area is 165 Å². The molecular formula is C22H28O6. The molecular weight excluding hydrogens is 360 g/mol. The number of rotatable bonds is 3. The number of cyclic esters (lactones) is 1. The Morgan fingerprint density at radius 1 is 1.36 bits per heavy atom. The van der Waals surface area contributed by atoms with E-state index in [2.05, 4.69) is 6.58 Å². The molecule has 0 aromatic rings. The molecule has 152 valence electrons. The summed E-state index contributed by atoms with van der Waals surface area (Å²) in [5.41, 5.74) is -2.10. The molecule has 2 saturated carbocycles. The summed E-state index contributed by atoms with van der Waals surface area (Å²) in [5.74, 6) is -1.36. The lowest BCUT2D eigenvalue weighted by atomic mass is 9.58. The van der Waals surface area contributed by atoms with Crippen LogP contribution in [0.5, 0.6) is 0 Å². The van der Waals surface area contributed by atoms with Crippen molar-refractivity contribution in [2.75, 3.05) is 0 Å². The average Bonchev–Trinajstić information content (AvgIpc) is 2.96. The van der Waals surface area contributed by atoms with Crippen LogP contribution in [0, 0.1) is 22.7 Å². The molecule has 3 aliphatic carbocycles. The summed E-state index contributed by atoms with van der Waals surface area (Å²) >= 11 is 0. The average molecular weight is 388 g/mol. The van der Waals surface area contributed by atoms with Gasteiger partial charge in [0.15, 0.2) is 5.78 Å². The second-order valence-corrected chi connectivity index (χ2v) is 9.51. The number of ether oxygens (including phenoxy) is 2. The first kappa shape index (κ1) is 19.4. The van der Waals surface area contributed by atoms with Crippen LogP contribution in [0.15, 0.2) is 24.3 Å². The molecule has 1 aliphatic heterocycles. The van der Waals surface area contributed by atoms with E-state index >= 15 is 0 Å². The number of hydrogen-bond acceptors (Lipinski definition) is 6. The number of aliphatic hydroxyl groups is 1. The number of carbonyl (C=O) groups is 3. The van der Waals surface area contributed by atoms with Gasteiger partial charge in [-0.3, -0.25) is 14.4 Å². The van der Waals surface area contributed by atoms with Crippen molar-refractivity contribution in [3.63, 3.8) is 0 Å². The lowest BCUT2D eigenvalue weighted by molar-refractivity contribution is -0.158. The highest BCUT2D eigenvalue weighted by molar-refractivity contribution is 5.98. The Kier molecular flexibility index (Phi) is 4.17. The molecule has 0 radical (unpaired) electrons. The molecule has 4 aliphatic rings. The molecule has 1 heterocycles. The van der Waals surface area contributed by atoms with E-state index in [4.69, 9.17) is 9.47 Å². The third-order valence-electron chi connectivity index (χ3n) is 7.55. The highest BCUT2D eigenvalue weighted by Crippen LogP contribution is 2.59. The lowest BCUT2D eigenvalue weighted by Gasteiger charge is -2.45. The fourth-order valence-electron chi connectivity index (χ4n) is 6.33. The second-order valence-electron chi connectivity index (χ2n) is 9.51. The van der Waals surface area contributed by atoms with Crippen molar-refractivity contribution in [1.29, 1.82) is 0 Å². The molecule has 7 atom stereocenters. The van der Waals surface area contributed by atoms with Gasteiger partial charge in [-0.1, -0.05) is 12.7 Å². The third kappa shape index (κ3) is 2.53. The van der Waals surface area contributed by atoms with E-state index in [1.54, 1.807) is 6.92 Å². The van der Waals surface area contributed by atoms with Gasteiger partial charge in [-0.25, -0.2) is 0 Å². The minimum Gasteiger partial charge on any atom is -0.461 e. The van der Waals surface area contributed by atoms with Crippen LogP contribution in [0.1, 0.15) is 52.9 Å². The standard InChI is InChI=1S/C22H28O6/c1-12-14-6-7-16(24)22(10-14,18(12)27-13(2)23)11-15-17-20(3,19(25)28-15)8-5-9-21(17,4)26/h6-7,14-15,17-18,26H,1,5,8-11H2,2-4H3/t14-,15-,17-,18-,20-,21-,22+/m1/s1. The van der Waals surface area contributed by atoms with E-state index in [0.29, 0.717) is 24.8 Å². The zero-order valence-electron chi connectivity index (χ0n) is 16.7. The van der Waals surface area contributed by atoms with Gasteiger partial charge in [0.1, 0.15) is 12.2 Å². The minimum atomic E-state index is -1.06. The Hall–Kier alpha value is -1.95. The van der Waals surface area contributed by atoms with Crippen molar-refractivity contribution in [3.8, 4) is 0 Å². The molecule has 0 spiro atoms. The van der Waals surface area contributed by atoms with Crippen LogP contribution in [-0.4, -0.2) is 40.6 Å². The van der Waals surface area contributed by atoms with Gasteiger partial charge in [0.05, 0.1) is 16.4 Å². The van der Waals surface area contributed by atoms with Gasteiger partial charge in [0, 0.05) is 25.2 Å². The summed E-state index contributed by atoms with van der Waals surface area (Å²) in [5, 5.41) is 11.1. The Morgan fingerprint density at radius 3 is 2.75 bits per heavy atom. The molecule has 0 unspecified atom stereocenters. The van der Waals surface area contributed by atoms with Crippen LogP contribution in [0.25, 0.3) is 0 Å². The molecule has 2 bridgehead atoms. The van der Waals surface area contributed by atoms with Gasteiger partial charge in [0.2, 0.25) is 0 Å². The first-order chi connectivity index (χ1) is 13.0. The van der Waals surface area contributed by atoms with Gasteiger partial charge in [-0.15, -0.1) is 0 Å². The molecule has 6 nitrogen and oxygen atoms in total. The summed E-state index contributed by atoms with van der Waals surface area (Å²) < 4.78 is 11.3. The molecule has 0 aromatic carbocycles. The summed E-state index contributed by atoms with van der Waals surface area (Å²) in [6.07, 6.45) is 4.72. The Balaban J connectivity index is 1.73. The van der Waals surface area contributed by atoms with Crippen LogP contribution in [0.2, 0.25) is 0 Å². The van der Waals surface area contributed by atoms with E-state index < -0.39 is 40.5 Å². The maximum Gasteiger partial charge on any atom is 0.312 e. The van der Waals surface area contributed by atoms with E-state index in [0.717, 1.165) is 6.42 Å². The summed E-state index contributed by atoms with van der Waals surface area (Å²) in [6.45, 7) is 9.01. The van der Waals surface area contributed by atoms with Crippen LogP contribution in [-0.2, 0) is 23.9 Å². The van der Waals surface area contributed by atoms with Gasteiger partial charge < -0.3 is 14.6 Å². The van der Waals surface area contributed by atoms with Gasteiger partial charge in [0.25, 0.3) is 0 Å². The van der Waals surface area contributed by atoms with Gasteiger partial charge in [-0.05, 0) is 51.2 Å². The third-order valence-corrected chi connectivity index (χ3v) is 7.55. The first-order valence-corrected chi connectivity index (χ1v) is 10.0. The monoisotopic (exact) mass is 388 g/mol. The maximum absolute atomic E-state index is 13.1. The largest absolute Gasteiger partial charge is 0.461 e. The molecule has 0 amide bonds. The predicted octanol–water partition coefficient (Wildman–Crippen LogP) is 2.49. The van der Waals surface area contributed by atoms with E-state index in [9.17, 15) is 19.5 Å². The summed E-state index contributed by atoms with van der Waals surface area (Å²) in [4.78, 5) is 37.5. The van der Waals surface area contributed by atoms with Crippen LogP contribution < -0.4 is 0 Å². The zero-order valence-corrected chi connectivity index (χ0v) is 16.7. The predicted molar refractivity (Wildman–Crippen MR) is 99.9 cm³/mol. The highest BCUT2D eigenvalue weighted by Gasteiger charge is 2.66. The van der Waals surface area contributed by atoms with Crippen LogP contribution in [0.4, 0.5) is 0 Å². The fraction of sp³-hybridized carbons (Fsp3) is 0.682. The maximum atomic E-state index is 13.1. The summed E-state index contributed by atoms with van der Waals surface area (Å²) in [6, 6.07) is 0. The Bertz CT molecular complexity index is 795. The topological polar surface area (TPSA) is 89.9 Å². The molecule has 6 heteroatoms. The molecule has 1 saturated heterocycles. The zero-order chi connectivity index (χ0) is 20.5. The smallest absolute Gasteiger partial charge is 0.312 e. The Morgan fingerprint density at radius 2 is 2.07 bits per heavy atom. The normalized spacial score (nSPS) is 47.1. The number of ketones is 1. The number of esters is 2. The van der Waals surface area contributed by atoms with E-state index in [-0.39, 0.29) is 24.1 Å². The second kappa shape index (κ2) is 6.02. The molecule has 3 fully saturated rings. The number of carbonyl (C=O) groups excluding carboxylic acids is 3. The molecule has 28 heavy (non-hydrogen) atoms. The van der Waals surface area contributed by atoms with Crippen molar-refractivity contribution in [2.24, 2.45) is 22.7 Å². The van der Waals surface area contributed by atoms with E-state index in [1.807, 2.05) is 13.0 Å². The number of fused-ring (bicyclic) bond motifs is 3. The number of allylic oxidation sites excluding steroid dienone is 2. The van der Waals surface area contributed by atoms with Gasteiger partial charge in [-0.2, -0.15) is 0 Å².